The molecule has 0 amide bonds. The number of thioether (sulfide) groups is 1. The number of aliphatic hydroxyl groups excluding tert-OH is 1. The van der Waals surface area contributed by atoms with Gasteiger partial charge in [0, 0.05) is 23.3 Å². The Morgan fingerprint density at radius 1 is 1.28 bits per heavy atom. The summed E-state index contributed by atoms with van der Waals surface area (Å²) in [6.45, 7) is 2.70. The third kappa shape index (κ3) is 2.64. The number of aromatic nitrogens is 2. The largest absolute Gasteiger partial charge is 0.396 e. The monoisotopic (exact) mass is 356 g/mol. The van der Waals surface area contributed by atoms with Gasteiger partial charge in [0.1, 0.15) is 0 Å². The van der Waals surface area contributed by atoms with Crippen molar-refractivity contribution in [3.05, 3.63) is 45.7 Å². The SMILES string of the molecule is CCn1c(SCCO)nc2c(c1=O)C1(CCCC1)Cc1ccccc1-2. The molecule has 4 nitrogen and oxygen atoms in total. The lowest BCUT2D eigenvalue weighted by Crippen LogP contribution is -2.40. The molecule has 1 aromatic heterocycles. The summed E-state index contributed by atoms with van der Waals surface area (Å²) in [6, 6.07) is 8.40. The number of rotatable bonds is 4. The normalized spacial score (nSPS) is 17.5. The number of fused-ring (bicyclic) bond motifs is 4. The van der Waals surface area contributed by atoms with Gasteiger partial charge in [-0.25, -0.2) is 4.98 Å². The topological polar surface area (TPSA) is 55.1 Å². The molecule has 0 atom stereocenters. The molecule has 0 bridgehead atoms. The predicted octanol–water partition coefficient (Wildman–Crippen LogP) is 3.38. The molecule has 2 aromatic rings. The zero-order valence-corrected chi connectivity index (χ0v) is 15.4. The van der Waals surface area contributed by atoms with Crippen LogP contribution >= 0.6 is 11.8 Å². The van der Waals surface area contributed by atoms with Gasteiger partial charge in [-0.05, 0) is 31.7 Å². The molecule has 0 saturated heterocycles. The van der Waals surface area contributed by atoms with Crippen LogP contribution < -0.4 is 5.56 Å². The van der Waals surface area contributed by atoms with Crippen molar-refractivity contribution in [2.75, 3.05) is 12.4 Å². The molecular formula is C20H24N2O2S. The van der Waals surface area contributed by atoms with Gasteiger partial charge in [0.2, 0.25) is 0 Å². The first-order valence-electron chi connectivity index (χ1n) is 9.17. The first-order chi connectivity index (χ1) is 12.2. The lowest BCUT2D eigenvalue weighted by Gasteiger charge is -2.36. The van der Waals surface area contributed by atoms with Crippen molar-refractivity contribution in [3.8, 4) is 11.3 Å². The zero-order valence-electron chi connectivity index (χ0n) is 14.6. The van der Waals surface area contributed by atoms with Crippen molar-refractivity contribution < 1.29 is 5.11 Å². The number of hydrogen-bond acceptors (Lipinski definition) is 4. The Balaban J connectivity index is 2.00. The summed E-state index contributed by atoms with van der Waals surface area (Å²) >= 11 is 1.47. The number of nitrogens with zero attached hydrogens (tertiary/aromatic N) is 2. The average Bonchev–Trinajstić information content (AvgIpc) is 3.08. The molecule has 1 fully saturated rings. The van der Waals surface area contributed by atoms with Crippen LogP contribution in [0.25, 0.3) is 11.3 Å². The standard InChI is InChI=1S/C20H24N2O2S/c1-2-22-18(24)16-17(21-19(22)25-12-11-23)15-8-4-3-7-14(15)13-20(16)9-5-6-10-20/h3-4,7-8,23H,2,5-6,9-13H2,1H3. The molecule has 0 unspecified atom stereocenters. The van der Waals surface area contributed by atoms with E-state index in [0.717, 1.165) is 41.2 Å². The van der Waals surface area contributed by atoms with E-state index in [2.05, 4.69) is 18.2 Å². The first-order valence-corrected chi connectivity index (χ1v) is 10.2. The van der Waals surface area contributed by atoms with E-state index in [4.69, 9.17) is 4.98 Å². The summed E-state index contributed by atoms with van der Waals surface area (Å²) in [5, 5.41) is 9.92. The highest BCUT2D eigenvalue weighted by atomic mass is 32.2. The van der Waals surface area contributed by atoms with Crippen LogP contribution in [-0.4, -0.2) is 27.0 Å². The Morgan fingerprint density at radius 2 is 2.04 bits per heavy atom. The Kier molecular flexibility index (Phi) is 4.46. The van der Waals surface area contributed by atoms with Gasteiger partial charge in [0.15, 0.2) is 5.16 Å². The van der Waals surface area contributed by atoms with Gasteiger partial charge >= 0.3 is 0 Å². The van der Waals surface area contributed by atoms with Crippen LogP contribution in [0.3, 0.4) is 0 Å². The fraction of sp³-hybridized carbons (Fsp3) is 0.500. The van der Waals surface area contributed by atoms with E-state index in [1.54, 1.807) is 4.57 Å². The zero-order chi connectivity index (χ0) is 17.4. The second-order valence-corrected chi connectivity index (χ2v) is 8.12. The van der Waals surface area contributed by atoms with Gasteiger partial charge in [-0.2, -0.15) is 0 Å². The van der Waals surface area contributed by atoms with E-state index in [-0.39, 0.29) is 17.6 Å². The molecular weight excluding hydrogens is 332 g/mol. The van der Waals surface area contributed by atoms with Crippen molar-refractivity contribution in [3.63, 3.8) is 0 Å². The van der Waals surface area contributed by atoms with Gasteiger partial charge in [0.25, 0.3) is 5.56 Å². The third-order valence-corrected chi connectivity index (χ3v) is 6.62. The molecule has 5 heteroatoms. The van der Waals surface area contributed by atoms with E-state index in [1.165, 1.54) is 30.2 Å². The Bertz CT molecular complexity index is 853. The lowest BCUT2D eigenvalue weighted by molar-refractivity contribution is 0.322. The summed E-state index contributed by atoms with van der Waals surface area (Å²) < 4.78 is 1.80. The van der Waals surface area contributed by atoms with Crippen molar-refractivity contribution in [1.82, 2.24) is 9.55 Å². The van der Waals surface area contributed by atoms with Crippen LogP contribution in [0, 0.1) is 0 Å². The smallest absolute Gasteiger partial charge is 0.258 e. The average molecular weight is 356 g/mol. The summed E-state index contributed by atoms with van der Waals surface area (Å²) in [6.07, 6.45) is 5.50. The van der Waals surface area contributed by atoms with Gasteiger partial charge in [-0.1, -0.05) is 48.9 Å². The lowest BCUT2D eigenvalue weighted by atomic mass is 9.68. The summed E-state index contributed by atoms with van der Waals surface area (Å²) in [4.78, 5) is 18.4. The molecule has 1 heterocycles. The second kappa shape index (κ2) is 6.61. The molecule has 1 N–H and O–H groups in total. The van der Waals surface area contributed by atoms with E-state index in [9.17, 15) is 9.90 Å². The Hall–Kier alpha value is -1.59. The maximum absolute atomic E-state index is 13.4. The second-order valence-electron chi connectivity index (χ2n) is 7.06. The van der Waals surface area contributed by atoms with Crippen LogP contribution in [0.1, 0.15) is 43.7 Å². The van der Waals surface area contributed by atoms with Gasteiger partial charge < -0.3 is 5.11 Å². The molecule has 4 rings (SSSR count). The first kappa shape index (κ1) is 16.9. The minimum absolute atomic E-state index is 0.0368. The summed E-state index contributed by atoms with van der Waals surface area (Å²) in [5.74, 6) is 0.554. The number of hydrogen-bond donors (Lipinski definition) is 1. The maximum atomic E-state index is 13.4. The fourth-order valence-electron chi connectivity index (χ4n) is 4.57. The minimum Gasteiger partial charge on any atom is -0.396 e. The molecule has 0 radical (unpaired) electrons. The Morgan fingerprint density at radius 3 is 2.76 bits per heavy atom. The van der Waals surface area contributed by atoms with Crippen molar-refractivity contribution in [2.45, 2.75) is 56.1 Å². The summed E-state index contributed by atoms with van der Waals surface area (Å²) in [7, 11) is 0. The quantitative estimate of drug-likeness (QED) is 0.674. The number of benzene rings is 1. The molecule has 25 heavy (non-hydrogen) atoms. The molecule has 1 spiro atoms. The molecule has 0 aliphatic heterocycles. The van der Waals surface area contributed by atoms with Crippen molar-refractivity contribution >= 4 is 11.8 Å². The Labute approximate surface area is 152 Å². The molecule has 132 valence electrons. The van der Waals surface area contributed by atoms with Crippen LogP contribution in [0.4, 0.5) is 0 Å². The van der Waals surface area contributed by atoms with Crippen LogP contribution in [0.15, 0.2) is 34.2 Å². The molecule has 1 aromatic carbocycles. The predicted molar refractivity (Wildman–Crippen MR) is 101 cm³/mol. The van der Waals surface area contributed by atoms with E-state index in [0.29, 0.717) is 12.3 Å². The highest BCUT2D eigenvalue weighted by Crippen LogP contribution is 2.49. The van der Waals surface area contributed by atoms with Crippen LogP contribution in [0.2, 0.25) is 0 Å². The van der Waals surface area contributed by atoms with Crippen LogP contribution in [0.5, 0.6) is 0 Å². The van der Waals surface area contributed by atoms with Crippen molar-refractivity contribution in [1.29, 1.82) is 0 Å². The van der Waals surface area contributed by atoms with Gasteiger partial charge in [0.05, 0.1) is 17.9 Å². The summed E-state index contributed by atoms with van der Waals surface area (Å²) in [5.41, 5.74) is 4.35. The van der Waals surface area contributed by atoms with E-state index < -0.39 is 0 Å². The minimum atomic E-state index is -0.0368. The van der Waals surface area contributed by atoms with E-state index >= 15 is 0 Å². The van der Waals surface area contributed by atoms with Crippen molar-refractivity contribution in [2.24, 2.45) is 0 Å². The molecule has 2 aliphatic rings. The fourth-order valence-corrected chi connectivity index (χ4v) is 5.37. The molecule has 2 aliphatic carbocycles. The number of aliphatic hydroxyl groups is 1. The maximum Gasteiger partial charge on any atom is 0.258 e. The van der Waals surface area contributed by atoms with Gasteiger partial charge in [-0.3, -0.25) is 9.36 Å². The van der Waals surface area contributed by atoms with Crippen LogP contribution in [-0.2, 0) is 18.4 Å². The highest BCUT2D eigenvalue weighted by molar-refractivity contribution is 7.99. The highest BCUT2D eigenvalue weighted by Gasteiger charge is 2.44. The molecule has 1 saturated carbocycles. The van der Waals surface area contributed by atoms with E-state index in [1.807, 2.05) is 13.0 Å². The van der Waals surface area contributed by atoms with Gasteiger partial charge in [-0.15, -0.1) is 0 Å². The third-order valence-electron chi connectivity index (χ3n) is 5.67.